The lowest BCUT2D eigenvalue weighted by atomic mass is 10.1. The molecule has 0 N–H and O–H groups in total. The summed E-state index contributed by atoms with van der Waals surface area (Å²) in [6.07, 6.45) is 4.15. The second-order valence-corrected chi connectivity index (χ2v) is 7.97. The minimum absolute atomic E-state index is 0.366. The molecule has 3 aromatic carbocycles. The number of carbonyl (C=O) groups excluding carboxylic acids is 1. The van der Waals surface area contributed by atoms with Gasteiger partial charge in [-0.1, -0.05) is 17.7 Å². The molecule has 0 saturated carbocycles. The van der Waals surface area contributed by atoms with E-state index in [4.69, 9.17) is 18.9 Å². The van der Waals surface area contributed by atoms with Crippen molar-refractivity contribution in [2.45, 2.75) is 39.5 Å². The molecule has 0 aromatic heterocycles. The first kappa shape index (κ1) is 24.2. The molecule has 174 valence electrons. The number of rotatable bonds is 12. The number of benzene rings is 3. The van der Waals surface area contributed by atoms with E-state index in [1.54, 1.807) is 31.4 Å². The van der Waals surface area contributed by atoms with Crippen LogP contribution in [-0.4, -0.2) is 26.3 Å². The van der Waals surface area contributed by atoms with Crippen LogP contribution in [0.5, 0.6) is 23.0 Å². The number of methoxy groups -OCH3 is 1. The molecular weight excluding hydrogens is 416 g/mol. The third-order valence-corrected chi connectivity index (χ3v) is 5.26. The van der Waals surface area contributed by atoms with Gasteiger partial charge in [-0.05, 0) is 99.7 Å². The van der Waals surface area contributed by atoms with Crippen molar-refractivity contribution in [2.75, 3.05) is 20.3 Å². The Hall–Kier alpha value is -3.47. The van der Waals surface area contributed by atoms with E-state index >= 15 is 0 Å². The van der Waals surface area contributed by atoms with Crippen LogP contribution in [-0.2, 0) is 0 Å². The van der Waals surface area contributed by atoms with Crippen LogP contribution in [0.1, 0.15) is 47.2 Å². The van der Waals surface area contributed by atoms with E-state index in [0.29, 0.717) is 24.5 Å². The SMILES string of the molecule is COc1ccc(OCCCCCCOc2ccc(OC(=O)c3ccc(C)cc3)cc2)cc1C. The zero-order valence-electron chi connectivity index (χ0n) is 19.6. The van der Waals surface area contributed by atoms with Crippen molar-refractivity contribution in [1.29, 1.82) is 0 Å². The summed E-state index contributed by atoms with van der Waals surface area (Å²) >= 11 is 0. The van der Waals surface area contributed by atoms with Crippen molar-refractivity contribution in [2.24, 2.45) is 0 Å². The summed E-state index contributed by atoms with van der Waals surface area (Å²) in [6.45, 7) is 5.35. The lowest BCUT2D eigenvalue weighted by molar-refractivity contribution is 0.0734. The summed E-state index contributed by atoms with van der Waals surface area (Å²) in [7, 11) is 1.67. The molecule has 0 atom stereocenters. The second-order valence-electron chi connectivity index (χ2n) is 7.97. The first-order valence-corrected chi connectivity index (χ1v) is 11.3. The number of carbonyl (C=O) groups is 1. The zero-order valence-corrected chi connectivity index (χ0v) is 19.6. The summed E-state index contributed by atoms with van der Waals surface area (Å²) in [5.74, 6) is 2.66. The topological polar surface area (TPSA) is 54.0 Å². The maximum atomic E-state index is 12.2. The largest absolute Gasteiger partial charge is 0.496 e. The number of ether oxygens (including phenoxy) is 4. The predicted molar refractivity (Wildman–Crippen MR) is 130 cm³/mol. The lowest BCUT2D eigenvalue weighted by Crippen LogP contribution is -2.08. The summed E-state index contributed by atoms with van der Waals surface area (Å²) in [5, 5.41) is 0. The first-order valence-electron chi connectivity index (χ1n) is 11.3. The Labute approximate surface area is 196 Å². The van der Waals surface area contributed by atoms with E-state index in [2.05, 4.69) is 0 Å². The first-order chi connectivity index (χ1) is 16.0. The molecule has 3 rings (SSSR count). The molecule has 0 saturated heterocycles. The fourth-order valence-electron chi connectivity index (χ4n) is 3.34. The van der Waals surface area contributed by atoms with Gasteiger partial charge in [0.05, 0.1) is 25.9 Å². The quantitative estimate of drug-likeness (QED) is 0.179. The number of hydrogen-bond donors (Lipinski definition) is 0. The van der Waals surface area contributed by atoms with Crippen LogP contribution in [0, 0.1) is 13.8 Å². The van der Waals surface area contributed by atoms with Gasteiger partial charge in [-0.15, -0.1) is 0 Å². The molecule has 0 aliphatic carbocycles. The van der Waals surface area contributed by atoms with Crippen LogP contribution >= 0.6 is 0 Å². The van der Waals surface area contributed by atoms with Gasteiger partial charge < -0.3 is 18.9 Å². The second kappa shape index (κ2) is 12.5. The van der Waals surface area contributed by atoms with Crippen molar-refractivity contribution >= 4 is 5.97 Å². The maximum absolute atomic E-state index is 12.2. The molecule has 0 bridgehead atoms. The van der Waals surface area contributed by atoms with Crippen molar-refractivity contribution in [3.05, 3.63) is 83.4 Å². The monoisotopic (exact) mass is 448 g/mol. The summed E-state index contributed by atoms with van der Waals surface area (Å²) in [4.78, 5) is 12.2. The van der Waals surface area contributed by atoms with Crippen molar-refractivity contribution < 1.29 is 23.7 Å². The standard InChI is InChI=1S/C28H32O5/c1-21-8-10-23(11-9-21)28(29)33-25-14-12-24(13-15-25)31-18-6-4-5-7-19-32-26-16-17-27(30-3)22(2)20-26/h8-17,20H,4-7,18-19H2,1-3H3. The number of aryl methyl sites for hydroxylation is 2. The molecule has 0 unspecified atom stereocenters. The molecule has 5 nitrogen and oxygen atoms in total. The summed E-state index contributed by atoms with van der Waals surface area (Å²) < 4.78 is 22.3. The molecule has 3 aromatic rings. The predicted octanol–water partition coefficient (Wildman–Crippen LogP) is 6.55. The molecular formula is C28H32O5. The van der Waals surface area contributed by atoms with Crippen molar-refractivity contribution in [3.8, 4) is 23.0 Å². The smallest absolute Gasteiger partial charge is 0.343 e. The highest BCUT2D eigenvalue weighted by molar-refractivity contribution is 5.91. The van der Waals surface area contributed by atoms with Gasteiger partial charge in [0.15, 0.2) is 0 Å². The minimum atomic E-state index is -0.366. The average Bonchev–Trinajstić information content (AvgIpc) is 2.82. The van der Waals surface area contributed by atoms with Crippen LogP contribution in [0.15, 0.2) is 66.7 Å². The lowest BCUT2D eigenvalue weighted by Gasteiger charge is -2.10. The van der Waals surface area contributed by atoms with Gasteiger partial charge in [0.1, 0.15) is 23.0 Å². The maximum Gasteiger partial charge on any atom is 0.343 e. The van der Waals surface area contributed by atoms with Gasteiger partial charge in [-0.25, -0.2) is 4.79 Å². The molecule has 0 aliphatic heterocycles. The number of hydrogen-bond acceptors (Lipinski definition) is 5. The Balaban J connectivity index is 1.27. The highest BCUT2D eigenvalue weighted by Crippen LogP contribution is 2.23. The Bertz CT molecular complexity index is 1010. The van der Waals surface area contributed by atoms with Crippen molar-refractivity contribution in [3.63, 3.8) is 0 Å². The highest BCUT2D eigenvalue weighted by Gasteiger charge is 2.08. The average molecular weight is 449 g/mol. The van der Waals surface area contributed by atoms with E-state index in [0.717, 1.165) is 54.1 Å². The van der Waals surface area contributed by atoms with E-state index in [1.165, 1.54) is 0 Å². The number of esters is 1. The molecule has 0 spiro atoms. The molecule has 0 amide bonds. The van der Waals surface area contributed by atoms with Gasteiger partial charge in [0, 0.05) is 0 Å². The van der Waals surface area contributed by atoms with Gasteiger partial charge >= 0.3 is 5.97 Å². The Morgan fingerprint density at radius 2 is 1.27 bits per heavy atom. The van der Waals surface area contributed by atoms with Gasteiger partial charge in [0.25, 0.3) is 0 Å². The molecule has 0 fully saturated rings. The Morgan fingerprint density at radius 3 is 1.88 bits per heavy atom. The van der Waals surface area contributed by atoms with Gasteiger partial charge in [0.2, 0.25) is 0 Å². The highest BCUT2D eigenvalue weighted by atomic mass is 16.5. The molecule has 0 aliphatic rings. The number of unbranched alkanes of at least 4 members (excludes halogenated alkanes) is 3. The molecule has 5 heteroatoms. The Kier molecular flexibility index (Phi) is 9.19. The summed E-state index contributed by atoms with van der Waals surface area (Å²) in [5.41, 5.74) is 2.71. The third-order valence-electron chi connectivity index (χ3n) is 5.26. The van der Waals surface area contributed by atoms with Crippen LogP contribution in [0.2, 0.25) is 0 Å². The van der Waals surface area contributed by atoms with E-state index in [1.807, 2.05) is 56.3 Å². The molecule has 0 radical (unpaired) electrons. The normalized spacial score (nSPS) is 10.5. The van der Waals surface area contributed by atoms with Crippen LogP contribution in [0.4, 0.5) is 0 Å². The Morgan fingerprint density at radius 1 is 0.697 bits per heavy atom. The van der Waals surface area contributed by atoms with E-state index in [9.17, 15) is 4.79 Å². The summed E-state index contributed by atoms with van der Waals surface area (Å²) in [6, 6.07) is 20.3. The van der Waals surface area contributed by atoms with Crippen LogP contribution in [0.25, 0.3) is 0 Å². The fraction of sp³-hybridized carbons (Fsp3) is 0.321. The van der Waals surface area contributed by atoms with Crippen molar-refractivity contribution in [1.82, 2.24) is 0 Å². The zero-order chi connectivity index (χ0) is 23.5. The van der Waals surface area contributed by atoms with Gasteiger partial charge in [-0.3, -0.25) is 0 Å². The fourth-order valence-corrected chi connectivity index (χ4v) is 3.34. The molecule has 33 heavy (non-hydrogen) atoms. The van der Waals surface area contributed by atoms with Crippen LogP contribution in [0.3, 0.4) is 0 Å². The van der Waals surface area contributed by atoms with E-state index < -0.39 is 0 Å². The van der Waals surface area contributed by atoms with Crippen LogP contribution < -0.4 is 18.9 Å². The third kappa shape index (κ3) is 7.86. The minimum Gasteiger partial charge on any atom is -0.496 e. The van der Waals surface area contributed by atoms with Gasteiger partial charge in [-0.2, -0.15) is 0 Å². The van der Waals surface area contributed by atoms with E-state index in [-0.39, 0.29) is 5.97 Å². The molecule has 0 heterocycles.